The van der Waals surface area contributed by atoms with Crippen LogP contribution in [0.3, 0.4) is 0 Å². The fraction of sp³-hybridized carbons (Fsp3) is 0. The first-order valence-corrected chi connectivity index (χ1v) is 34.6. The highest BCUT2D eigenvalue weighted by Gasteiger charge is 2.21. The Morgan fingerprint density at radius 1 is 0.229 bits per heavy atom. The molecular weight excluding hydrogens is 1300 g/mol. The van der Waals surface area contributed by atoms with Crippen molar-refractivity contribution in [1.29, 1.82) is 0 Å². The number of aromatic nitrogens is 8. The second-order valence-corrected chi connectivity index (χ2v) is 27.5. The third-order valence-electron chi connectivity index (χ3n) is 17.6. The van der Waals surface area contributed by atoms with E-state index in [4.69, 9.17) is 44.8 Å². The van der Waals surface area contributed by atoms with Gasteiger partial charge >= 0.3 is 0 Å². The van der Waals surface area contributed by atoms with E-state index in [0.717, 1.165) is 113 Å². The fourth-order valence-electron chi connectivity index (χ4n) is 13.2. The Labute approximate surface area is 575 Å². The second-order valence-electron chi connectivity index (χ2n) is 23.4. The molecule has 0 aliphatic carbocycles. The average Bonchev–Trinajstić information content (AvgIpc) is 0.991. The summed E-state index contributed by atoms with van der Waals surface area (Å²) in [6.07, 6.45) is 0. The van der Waals surface area contributed by atoms with Crippen molar-refractivity contribution in [1.82, 2.24) is 39.9 Å². The van der Waals surface area contributed by atoms with Crippen molar-refractivity contribution in [3.63, 3.8) is 0 Å². The number of hydrogen-bond donors (Lipinski definition) is 0. The maximum atomic E-state index is 6.38. The van der Waals surface area contributed by atoms with E-state index in [2.05, 4.69) is 218 Å². The van der Waals surface area contributed by atoms with Gasteiger partial charge in [0.25, 0.3) is 0 Å². The number of thiophene rings is 3. The van der Waals surface area contributed by atoms with Crippen LogP contribution in [-0.2, 0) is 0 Å². The molecule has 13 aromatic carbocycles. The molecule has 0 bridgehead atoms. The van der Waals surface area contributed by atoms with Gasteiger partial charge in [-0.2, -0.15) is 0 Å². The molecule has 7 aromatic heterocycles. The zero-order valence-corrected chi connectivity index (χ0v) is 55.1. The molecule has 0 aliphatic rings. The minimum absolute atomic E-state index is 0.242. The van der Waals surface area contributed by atoms with Crippen molar-refractivity contribution in [3.8, 4) is 67.7 Å². The van der Waals surface area contributed by atoms with Crippen LogP contribution in [0.15, 0.2) is 273 Å². The molecule has 0 saturated carbocycles. The molecule has 0 atom stereocenters. The fourth-order valence-corrected chi connectivity index (χ4v) is 17.2. The maximum Gasteiger partial charge on any atom is 0.223 e. The average molecular weight is 1340 g/mol. The SMILES string of the molecule is Clc1nc(-c2cc3ccc4cccc5ccc(c2)c3c45)c2sc3ccccc3c2n1.Clc1nc(-c2ccc(-c3nc(-c4ccccc4)cc(-c4ccccc4)n3)cc2)c2sc3ccccc3c2n1.Clc1nc(-c2ccc3c(ccc4ccccc43)c2)c2sc3ccccc3c2n1. The van der Waals surface area contributed by atoms with E-state index in [1.165, 1.54) is 63.3 Å². The van der Waals surface area contributed by atoms with Crippen molar-refractivity contribution in [2.45, 2.75) is 0 Å². The van der Waals surface area contributed by atoms with Crippen LogP contribution < -0.4 is 0 Å². The number of rotatable bonds is 6. The van der Waals surface area contributed by atoms with Gasteiger partial charge in [0.15, 0.2) is 5.82 Å². The summed E-state index contributed by atoms with van der Waals surface area (Å²) < 4.78 is 6.73. The Hall–Kier alpha value is -10.7. The molecule has 0 aliphatic heterocycles. The van der Waals surface area contributed by atoms with E-state index < -0.39 is 0 Å². The molecule has 0 saturated heterocycles. The predicted octanol–water partition coefficient (Wildman–Crippen LogP) is 24.5. The first-order chi connectivity index (χ1) is 47.3. The maximum absolute atomic E-state index is 6.38. The summed E-state index contributed by atoms with van der Waals surface area (Å²) in [5.41, 5.74) is 13.3. The Bertz CT molecular complexity index is 6340. The van der Waals surface area contributed by atoms with Crippen LogP contribution in [0.2, 0.25) is 15.9 Å². The molecular formula is C82H45Cl3N8S3. The number of halogens is 3. The van der Waals surface area contributed by atoms with Gasteiger partial charge in [-0.25, -0.2) is 39.9 Å². The monoisotopic (exact) mass is 1340 g/mol. The molecule has 8 nitrogen and oxygen atoms in total. The van der Waals surface area contributed by atoms with Gasteiger partial charge in [0.05, 0.1) is 59.1 Å². The van der Waals surface area contributed by atoms with E-state index in [0.29, 0.717) is 5.82 Å². The number of fused-ring (bicyclic) bond motifs is 12. The molecule has 96 heavy (non-hydrogen) atoms. The summed E-state index contributed by atoms with van der Waals surface area (Å²) in [6, 6.07) is 94.6. The van der Waals surface area contributed by atoms with Gasteiger partial charge in [-0.05, 0) is 131 Å². The topological polar surface area (TPSA) is 103 Å². The van der Waals surface area contributed by atoms with E-state index in [9.17, 15) is 0 Å². The highest BCUT2D eigenvalue weighted by atomic mass is 35.5. The minimum atomic E-state index is 0.242. The van der Waals surface area contributed by atoms with Crippen LogP contribution in [0.4, 0.5) is 0 Å². The zero-order chi connectivity index (χ0) is 64.0. The molecule has 20 aromatic rings. The molecule has 14 heteroatoms. The number of nitrogens with zero attached hydrogens (tertiary/aromatic N) is 8. The number of hydrogen-bond acceptors (Lipinski definition) is 11. The summed E-state index contributed by atoms with van der Waals surface area (Å²) in [5.74, 6) is 0.671. The molecule has 0 fully saturated rings. The first kappa shape index (κ1) is 57.9. The quantitative estimate of drug-likeness (QED) is 0.120. The Morgan fingerprint density at radius 3 is 1.11 bits per heavy atom. The Kier molecular flexibility index (Phi) is 14.4. The van der Waals surface area contributed by atoms with Crippen molar-refractivity contribution >= 4 is 184 Å². The van der Waals surface area contributed by atoms with Crippen molar-refractivity contribution in [2.75, 3.05) is 0 Å². The molecule has 20 rings (SSSR count). The van der Waals surface area contributed by atoms with Crippen LogP contribution in [0.25, 0.3) is 182 Å². The normalized spacial score (nSPS) is 11.7. The highest BCUT2D eigenvalue weighted by molar-refractivity contribution is 7.27. The lowest BCUT2D eigenvalue weighted by atomic mass is 9.92. The molecule has 0 spiro atoms. The van der Waals surface area contributed by atoms with Crippen molar-refractivity contribution < 1.29 is 0 Å². The summed E-state index contributed by atoms with van der Waals surface area (Å²) in [4.78, 5) is 37.4. The van der Waals surface area contributed by atoms with Crippen LogP contribution in [0.5, 0.6) is 0 Å². The van der Waals surface area contributed by atoms with Crippen LogP contribution in [0.1, 0.15) is 0 Å². The predicted molar refractivity (Wildman–Crippen MR) is 407 cm³/mol. The molecule has 0 radical (unpaired) electrons. The van der Waals surface area contributed by atoms with Gasteiger partial charge in [0.2, 0.25) is 15.9 Å². The van der Waals surface area contributed by atoms with Gasteiger partial charge < -0.3 is 0 Å². The lowest BCUT2D eigenvalue weighted by Gasteiger charge is -2.12. The number of benzene rings is 13. The molecule has 452 valence electrons. The van der Waals surface area contributed by atoms with Gasteiger partial charge in [-0.1, -0.05) is 231 Å². The summed E-state index contributed by atoms with van der Waals surface area (Å²) in [7, 11) is 0. The standard InChI is InChI=1S/C32H19ClN4S.C26H13ClN2S.C24H13ClN2S/c33-32-36-28(30-29(37-32)24-13-7-8-14-27(24)38-30)22-15-17-23(18-16-22)31-34-25(20-9-3-1-4-10-20)19-26(35-31)21-11-5-2-6-12-21;27-26-28-23(25-24(29-26)19-6-1-2-7-20(19)30-25)18-12-16-10-8-14-4-3-5-15-9-11-17(13-18)22(16)21(14)15;25-24-26-21(23-22(27-24)19-7-3-4-8-20(19)28-23)16-11-12-18-15(13-16)10-9-14-5-1-2-6-17(14)18/h1-19H;1-13H;1-13H. The Balaban J connectivity index is 0.000000106. The van der Waals surface area contributed by atoms with Crippen LogP contribution >= 0.6 is 68.8 Å². The van der Waals surface area contributed by atoms with E-state index in [-0.39, 0.29) is 15.9 Å². The van der Waals surface area contributed by atoms with E-state index in [1.807, 2.05) is 84.9 Å². The van der Waals surface area contributed by atoms with Gasteiger partial charge in [-0.15, -0.1) is 34.0 Å². The van der Waals surface area contributed by atoms with E-state index >= 15 is 0 Å². The molecule has 0 N–H and O–H groups in total. The van der Waals surface area contributed by atoms with E-state index in [1.54, 1.807) is 34.0 Å². The lowest BCUT2D eigenvalue weighted by molar-refractivity contribution is 1.18. The third kappa shape index (κ3) is 10.4. The van der Waals surface area contributed by atoms with Gasteiger partial charge in [-0.3, -0.25) is 0 Å². The van der Waals surface area contributed by atoms with Crippen molar-refractivity contribution in [3.05, 3.63) is 289 Å². The molecule has 0 unspecified atom stereocenters. The summed E-state index contributed by atoms with van der Waals surface area (Å²) in [5, 5.41) is 16.7. The van der Waals surface area contributed by atoms with Crippen LogP contribution in [-0.4, -0.2) is 39.9 Å². The lowest BCUT2D eigenvalue weighted by Crippen LogP contribution is -1.96. The Morgan fingerprint density at radius 2 is 0.594 bits per heavy atom. The minimum Gasteiger partial charge on any atom is -0.228 e. The van der Waals surface area contributed by atoms with Gasteiger partial charge in [0.1, 0.15) is 0 Å². The summed E-state index contributed by atoms with van der Waals surface area (Å²) >= 11 is 24.2. The zero-order valence-electron chi connectivity index (χ0n) is 50.4. The largest absolute Gasteiger partial charge is 0.228 e. The molecule has 7 heterocycles. The summed E-state index contributed by atoms with van der Waals surface area (Å²) in [6.45, 7) is 0. The second kappa shape index (κ2) is 23.9. The smallest absolute Gasteiger partial charge is 0.223 e. The third-order valence-corrected chi connectivity index (χ3v) is 21.6. The van der Waals surface area contributed by atoms with Gasteiger partial charge in [0, 0.05) is 63.6 Å². The molecule has 0 amide bonds. The highest BCUT2D eigenvalue weighted by Crippen LogP contribution is 2.45. The van der Waals surface area contributed by atoms with Crippen LogP contribution in [0, 0.1) is 0 Å². The van der Waals surface area contributed by atoms with Crippen molar-refractivity contribution in [2.24, 2.45) is 0 Å². The first-order valence-electron chi connectivity index (χ1n) is 31.0.